The molecule has 2 N–H and O–H groups in total. The van der Waals surface area contributed by atoms with Crippen molar-refractivity contribution in [1.29, 1.82) is 0 Å². The number of hydrogen-bond acceptors (Lipinski definition) is 4. The zero-order chi connectivity index (χ0) is 17.8. The van der Waals surface area contributed by atoms with Gasteiger partial charge in [0.15, 0.2) is 5.69 Å². The Morgan fingerprint density at radius 1 is 1.16 bits per heavy atom. The highest BCUT2D eigenvalue weighted by atomic mass is 16.2. The van der Waals surface area contributed by atoms with Crippen LogP contribution in [0.1, 0.15) is 40.5 Å². The van der Waals surface area contributed by atoms with Crippen LogP contribution in [0.25, 0.3) is 5.52 Å². The standard InChI is InChI=1S/C18H19N5O2/c1-12(2)21-18(25)16-22-15(14-7-3-4-9-23(14)16)17(24)20-11-13-6-5-8-19-10-13/h3-10,12H,11H2,1-2H3,(H,20,24)(H,21,25). The highest BCUT2D eigenvalue weighted by Crippen LogP contribution is 2.13. The Bertz CT molecular complexity index is 902. The van der Waals surface area contributed by atoms with E-state index in [1.54, 1.807) is 41.2 Å². The minimum absolute atomic E-state index is 0.0218. The van der Waals surface area contributed by atoms with E-state index in [0.29, 0.717) is 12.1 Å². The second-order valence-corrected chi connectivity index (χ2v) is 5.91. The second-order valence-electron chi connectivity index (χ2n) is 5.91. The van der Waals surface area contributed by atoms with Crippen LogP contribution in [0.2, 0.25) is 0 Å². The van der Waals surface area contributed by atoms with Crippen molar-refractivity contribution in [3.8, 4) is 0 Å². The first-order valence-corrected chi connectivity index (χ1v) is 8.01. The highest BCUT2D eigenvalue weighted by Gasteiger charge is 2.21. The zero-order valence-electron chi connectivity index (χ0n) is 14.1. The van der Waals surface area contributed by atoms with Gasteiger partial charge in [-0.05, 0) is 37.6 Å². The lowest BCUT2D eigenvalue weighted by Crippen LogP contribution is -2.31. The number of carbonyl (C=O) groups excluding carboxylic acids is 2. The Balaban J connectivity index is 1.88. The molecule has 0 spiro atoms. The predicted molar refractivity (Wildman–Crippen MR) is 93.2 cm³/mol. The molecule has 0 aliphatic heterocycles. The molecule has 3 rings (SSSR count). The van der Waals surface area contributed by atoms with Gasteiger partial charge in [0.25, 0.3) is 11.8 Å². The summed E-state index contributed by atoms with van der Waals surface area (Å²) in [6.07, 6.45) is 5.08. The number of nitrogens with one attached hydrogen (secondary N) is 2. The zero-order valence-corrected chi connectivity index (χ0v) is 14.1. The molecule has 0 aliphatic rings. The molecule has 0 atom stereocenters. The van der Waals surface area contributed by atoms with Crippen molar-refractivity contribution >= 4 is 17.3 Å². The summed E-state index contributed by atoms with van der Waals surface area (Å²) >= 11 is 0. The van der Waals surface area contributed by atoms with Gasteiger partial charge in [0.05, 0.1) is 5.52 Å². The fourth-order valence-corrected chi connectivity index (χ4v) is 2.46. The van der Waals surface area contributed by atoms with Gasteiger partial charge in [0.1, 0.15) is 0 Å². The Morgan fingerprint density at radius 2 is 2.00 bits per heavy atom. The van der Waals surface area contributed by atoms with Gasteiger partial charge in [-0.3, -0.25) is 19.0 Å². The summed E-state index contributed by atoms with van der Waals surface area (Å²) in [5.74, 6) is -0.463. The van der Waals surface area contributed by atoms with Crippen molar-refractivity contribution in [3.05, 3.63) is 66.0 Å². The minimum Gasteiger partial charge on any atom is -0.347 e. The van der Waals surface area contributed by atoms with Crippen LogP contribution >= 0.6 is 0 Å². The van der Waals surface area contributed by atoms with Crippen LogP contribution in [-0.4, -0.2) is 32.2 Å². The molecule has 3 heterocycles. The number of aromatic nitrogens is 3. The molecule has 25 heavy (non-hydrogen) atoms. The summed E-state index contributed by atoms with van der Waals surface area (Å²) in [6, 6.07) is 9.02. The topological polar surface area (TPSA) is 88.4 Å². The lowest BCUT2D eigenvalue weighted by Gasteiger charge is -2.06. The second kappa shape index (κ2) is 7.12. The van der Waals surface area contributed by atoms with Gasteiger partial charge in [-0.1, -0.05) is 12.1 Å². The van der Waals surface area contributed by atoms with Crippen molar-refractivity contribution in [2.45, 2.75) is 26.4 Å². The van der Waals surface area contributed by atoms with Crippen LogP contribution in [0.4, 0.5) is 0 Å². The Hall–Kier alpha value is -3.22. The third-order valence-corrected chi connectivity index (χ3v) is 3.56. The molecule has 128 valence electrons. The number of amides is 2. The summed E-state index contributed by atoms with van der Waals surface area (Å²) in [5.41, 5.74) is 1.69. The van der Waals surface area contributed by atoms with Gasteiger partial charge < -0.3 is 10.6 Å². The smallest absolute Gasteiger partial charge is 0.287 e. The van der Waals surface area contributed by atoms with Crippen LogP contribution < -0.4 is 10.6 Å². The lowest BCUT2D eigenvalue weighted by atomic mass is 10.2. The average molecular weight is 337 g/mol. The van der Waals surface area contributed by atoms with Crippen LogP contribution in [0.15, 0.2) is 48.9 Å². The summed E-state index contributed by atoms with van der Waals surface area (Å²) < 4.78 is 1.62. The normalized spacial score (nSPS) is 10.8. The minimum atomic E-state index is -0.337. The monoisotopic (exact) mass is 337 g/mol. The quantitative estimate of drug-likeness (QED) is 0.743. The van der Waals surface area contributed by atoms with Crippen molar-refractivity contribution in [2.75, 3.05) is 0 Å². The fourth-order valence-electron chi connectivity index (χ4n) is 2.46. The maximum absolute atomic E-state index is 12.6. The molecule has 7 heteroatoms. The number of carbonyl (C=O) groups is 2. The SMILES string of the molecule is CC(C)NC(=O)c1nc(C(=O)NCc2cccnc2)c2ccccn12. The predicted octanol–water partition coefficient (Wildman–Crippen LogP) is 1.80. The van der Waals surface area contributed by atoms with Crippen molar-refractivity contribution in [1.82, 2.24) is 25.0 Å². The molecular weight excluding hydrogens is 318 g/mol. The van der Waals surface area contributed by atoms with E-state index in [1.165, 1.54) is 0 Å². The van der Waals surface area contributed by atoms with Gasteiger partial charge in [-0.25, -0.2) is 4.98 Å². The largest absolute Gasteiger partial charge is 0.347 e. The molecule has 0 aromatic carbocycles. The lowest BCUT2D eigenvalue weighted by molar-refractivity contribution is 0.0932. The molecule has 3 aromatic rings. The van der Waals surface area contributed by atoms with Crippen LogP contribution in [0, 0.1) is 0 Å². The first-order chi connectivity index (χ1) is 12.1. The third kappa shape index (κ3) is 3.65. The number of nitrogens with zero attached hydrogens (tertiary/aromatic N) is 3. The van der Waals surface area contributed by atoms with E-state index in [2.05, 4.69) is 20.6 Å². The Labute approximate surface area is 145 Å². The van der Waals surface area contributed by atoms with Gasteiger partial charge >= 0.3 is 0 Å². The van der Waals surface area contributed by atoms with Gasteiger partial charge in [0.2, 0.25) is 5.82 Å². The molecule has 3 aromatic heterocycles. The summed E-state index contributed by atoms with van der Waals surface area (Å²) in [4.78, 5) is 33.2. The van der Waals surface area contributed by atoms with Gasteiger partial charge in [-0.2, -0.15) is 0 Å². The van der Waals surface area contributed by atoms with E-state index < -0.39 is 0 Å². The van der Waals surface area contributed by atoms with Crippen molar-refractivity contribution in [3.63, 3.8) is 0 Å². The van der Waals surface area contributed by atoms with Crippen molar-refractivity contribution < 1.29 is 9.59 Å². The molecule has 0 saturated carbocycles. The molecular formula is C18H19N5O2. The summed E-state index contributed by atoms with van der Waals surface area (Å²) in [6.45, 7) is 4.08. The van der Waals surface area contributed by atoms with Gasteiger partial charge in [0, 0.05) is 31.2 Å². The maximum atomic E-state index is 12.6. The fraction of sp³-hybridized carbons (Fsp3) is 0.222. The number of hydrogen-bond donors (Lipinski definition) is 2. The van der Waals surface area contributed by atoms with E-state index in [1.807, 2.05) is 26.0 Å². The molecule has 0 saturated heterocycles. The van der Waals surface area contributed by atoms with E-state index in [4.69, 9.17) is 0 Å². The Morgan fingerprint density at radius 3 is 2.72 bits per heavy atom. The Kier molecular flexibility index (Phi) is 4.74. The van der Waals surface area contributed by atoms with Crippen LogP contribution in [0.3, 0.4) is 0 Å². The third-order valence-electron chi connectivity index (χ3n) is 3.56. The van der Waals surface area contributed by atoms with Crippen LogP contribution in [0.5, 0.6) is 0 Å². The molecule has 0 fully saturated rings. The number of fused-ring (bicyclic) bond motifs is 1. The first kappa shape index (κ1) is 16.6. The molecule has 2 amide bonds. The summed E-state index contributed by atoms with van der Waals surface area (Å²) in [5, 5.41) is 5.61. The van der Waals surface area contributed by atoms with E-state index in [9.17, 15) is 9.59 Å². The first-order valence-electron chi connectivity index (χ1n) is 8.01. The molecule has 0 bridgehead atoms. The highest BCUT2D eigenvalue weighted by molar-refractivity contribution is 6.02. The van der Waals surface area contributed by atoms with Crippen LogP contribution in [-0.2, 0) is 6.54 Å². The summed E-state index contributed by atoms with van der Waals surface area (Å²) in [7, 11) is 0. The molecule has 7 nitrogen and oxygen atoms in total. The number of imidazole rings is 1. The van der Waals surface area contributed by atoms with E-state index in [-0.39, 0.29) is 29.4 Å². The van der Waals surface area contributed by atoms with E-state index >= 15 is 0 Å². The molecule has 0 aliphatic carbocycles. The molecule has 0 unspecified atom stereocenters. The van der Waals surface area contributed by atoms with Gasteiger partial charge in [-0.15, -0.1) is 0 Å². The maximum Gasteiger partial charge on any atom is 0.287 e. The molecule has 0 radical (unpaired) electrons. The number of rotatable bonds is 5. The number of pyridine rings is 2. The average Bonchev–Trinajstić information content (AvgIpc) is 3.00. The van der Waals surface area contributed by atoms with Crippen molar-refractivity contribution in [2.24, 2.45) is 0 Å². The van der Waals surface area contributed by atoms with E-state index in [0.717, 1.165) is 5.56 Å².